The minimum atomic E-state index is -3.79. The first-order valence-corrected chi connectivity index (χ1v) is 12.3. The highest BCUT2D eigenvalue weighted by Crippen LogP contribution is 2.24. The summed E-state index contributed by atoms with van der Waals surface area (Å²) >= 11 is 0. The molecule has 1 heterocycles. The van der Waals surface area contributed by atoms with Crippen molar-refractivity contribution < 1.29 is 21.6 Å². The zero-order valence-corrected chi connectivity index (χ0v) is 18.1. The van der Waals surface area contributed by atoms with Gasteiger partial charge in [-0.15, -0.1) is 10.2 Å². The number of hydrogen-bond acceptors (Lipinski definition) is 7. The second kappa shape index (κ2) is 8.80. The van der Waals surface area contributed by atoms with Gasteiger partial charge in [-0.05, 0) is 55.5 Å². The van der Waals surface area contributed by atoms with Crippen LogP contribution in [0.15, 0.2) is 70.6 Å². The quantitative estimate of drug-likeness (QED) is 0.564. The summed E-state index contributed by atoms with van der Waals surface area (Å²) in [5, 5.41) is 7.65. The standard InChI is InChI=1S/C20H21N3O5S2/c1-3-28-17-8-10-18(11-9-17)30(26,27)23-16-7-5-6-15(14-16)19-12-13-20(22-21-19)29(24,25)4-2/h5-14,23H,3-4H2,1-2H3. The largest absolute Gasteiger partial charge is 0.494 e. The first kappa shape index (κ1) is 21.7. The Hall–Kier alpha value is -2.98. The van der Waals surface area contributed by atoms with Crippen molar-refractivity contribution in [3.05, 3.63) is 60.7 Å². The zero-order chi connectivity index (χ0) is 21.8. The number of hydrogen-bond donors (Lipinski definition) is 1. The van der Waals surface area contributed by atoms with Gasteiger partial charge in [0.05, 0.1) is 22.9 Å². The summed E-state index contributed by atoms with van der Waals surface area (Å²) in [5.41, 5.74) is 1.36. The third-order valence-electron chi connectivity index (χ3n) is 4.19. The van der Waals surface area contributed by atoms with Gasteiger partial charge in [0.25, 0.3) is 10.0 Å². The summed E-state index contributed by atoms with van der Waals surface area (Å²) < 4.78 is 56.9. The van der Waals surface area contributed by atoms with E-state index < -0.39 is 19.9 Å². The van der Waals surface area contributed by atoms with E-state index in [-0.39, 0.29) is 15.7 Å². The molecule has 0 saturated carbocycles. The minimum Gasteiger partial charge on any atom is -0.494 e. The van der Waals surface area contributed by atoms with E-state index >= 15 is 0 Å². The molecule has 3 aromatic rings. The van der Waals surface area contributed by atoms with Crippen molar-refractivity contribution in [3.8, 4) is 17.0 Å². The molecule has 0 bridgehead atoms. The fraction of sp³-hybridized carbons (Fsp3) is 0.200. The Morgan fingerprint density at radius 1 is 0.900 bits per heavy atom. The number of ether oxygens (including phenoxy) is 1. The van der Waals surface area contributed by atoms with Crippen molar-refractivity contribution >= 4 is 25.5 Å². The molecule has 0 aliphatic rings. The third-order valence-corrected chi connectivity index (χ3v) is 7.21. The normalized spacial score (nSPS) is 11.8. The Balaban J connectivity index is 1.83. The number of nitrogens with zero attached hydrogens (tertiary/aromatic N) is 2. The molecule has 0 fully saturated rings. The Morgan fingerprint density at radius 3 is 2.23 bits per heavy atom. The Kier molecular flexibility index (Phi) is 6.37. The van der Waals surface area contributed by atoms with Crippen molar-refractivity contribution in [2.45, 2.75) is 23.8 Å². The van der Waals surface area contributed by atoms with Gasteiger partial charge in [-0.3, -0.25) is 4.72 Å². The second-order valence-electron chi connectivity index (χ2n) is 6.25. The summed E-state index contributed by atoms with van der Waals surface area (Å²) in [5.74, 6) is 0.523. The molecule has 0 radical (unpaired) electrons. The number of anilines is 1. The lowest BCUT2D eigenvalue weighted by atomic mass is 10.1. The van der Waals surface area contributed by atoms with Crippen LogP contribution < -0.4 is 9.46 Å². The van der Waals surface area contributed by atoms with Gasteiger partial charge in [-0.25, -0.2) is 16.8 Å². The fourth-order valence-corrected chi connectivity index (χ4v) is 4.41. The van der Waals surface area contributed by atoms with Gasteiger partial charge in [-0.1, -0.05) is 19.1 Å². The lowest BCUT2D eigenvalue weighted by Crippen LogP contribution is -2.13. The average molecular weight is 448 g/mol. The SMILES string of the molecule is CCOc1ccc(S(=O)(=O)Nc2cccc(-c3ccc(S(=O)(=O)CC)nn3)c2)cc1. The first-order chi connectivity index (χ1) is 14.2. The first-order valence-electron chi connectivity index (χ1n) is 9.18. The van der Waals surface area contributed by atoms with Gasteiger partial charge >= 0.3 is 0 Å². The van der Waals surface area contributed by atoms with Gasteiger partial charge < -0.3 is 4.74 Å². The Bertz CT molecular complexity index is 1220. The summed E-state index contributed by atoms with van der Waals surface area (Å²) in [6.45, 7) is 3.87. The number of benzene rings is 2. The van der Waals surface area contributed by atoms with Crippen molar-refractivity contribution in [2.75, 3.05) is 17.1 Å². The smallest absolute Gasteiger partial charge is 0.261 e. The van der Waals surface area contributed by atoms with E-state index in [2.05, 4.69) is 14.9 Å². The van der Waals surface area contributed by atoms with Crippen molar-refractivity contribution in [1.82, 2.24) is 10.2 Å². The van der Waals surface area contributed by atoms with Crippen LogP contribution in [-0.4, -0.2) is 39.4 Å². The van der Waals surface area contributed by atoms with Gasteiger partial charge in [0.15, 0.2) is 14.9 Å². The zero-order valence-electron chi connectivity index (χ0n) is 16.4. The summed E-state index contributed by atoms with van der Waals surface area (Å²) in [7, 11) is -7.24. The lowest BCUT2D eigenvalue weighted by molar-refractivity contribution is 0.340. The van der Waals surface area contributed by atoms with Crippen molar-refractivity contribution in [1.29, 1.82) is 0 Å². The molecule has 158 valence electrons. The van der Waals surface area contributed by atoms with E-state index in [1.807, 2.05) is 6.92 Å². The van der Waals surface area contributed by atoms with E-state index in [1.54, 1.807) is 36.4 Å². The molecule has 0 aliphatic heterocycles. The number of aromatic nitrogens is 2. The predicted octanol–water partition coefficient (Wildman–Crippen LogP) is 3.14. The molecule has 3 rings (SSSR count). The van der Waals surface area contributed by atoms with Gasteiger partial charge in [0, 0.05) is 11.3 Å². The molecule has 0 saturated heterocycles. The molecule has 30 heavy (non-hydrogen) atoms. The molecule has 0 unspecified atom stereocenters. The van der Waals surface area contributed by atoms with E-state index in [4.69, 9.17) is 4.74 Å². The molecule has 0 aliphatic carbocycles. The molecular weight excluding hydrogens is 426 g/mol. The summed E-state index contributed by atoms with van der Waals surface area (Å²) in [6.07, 6.45) is 0. The van der Waals surface area contributed by atoms with Crippen LogP contribution in [0, 0.1) is 0 Å². The van der Waals surface area contributed by atoms with E-state index in [1.165, 1.54) is 31.2 Å². The molecule has 1 aromatic heterocycles. The third kappa shape index (κ3) is 4.95. The van der Waals surface area contributed by atoms with Crippen LogP contribution in [0.1, 0.15) is 13.8 Å². The van der Waals surface area contributed by atoms with Gasteiger partial charge in [-0.2, -0.15) is 0 Å². The van der Waals surface area contributed by atoms with Gasteiger partial charge in [0.1, 0.15) is 5.75 Å². The monoisotopic (exact) mass is 447 g/mol. The molecule has 0 spiro atoms. The Labute approximate surface area is 175 Å². The highest BCUT2D eigenvalue weighted by Gasteiger charge is 2.16. The van der Waals surface area contributed by atoms with Crippen molar-refractivity contribution in [2.24, 2.45) is 0 Å². The molecule has 1 N–H and O–H groups in total. The number of rotatable bonds is 8. The van der Waals surface area contributed by atoms with Crippen LogP contribution in [0.3, 0.4) is 0 Å². The van der Waals surface area contributed by atoms with Crippen LogP contribution in [0.4, 0.5) is 5.69 Å². The number of nitrogens with one attached hydrogen (secondary N) is 1. The molecule has 0 amide bonds. The minimum absolute atomic E-state index is 0.0656. The second-order valence-corrected chi connectivity index (χ2v) is 10.2. The van der Waals surface area contributed by atoms with Crippen molar-refractivity contribution in [3.63, 3.8) is 0 Å². The maximum Gasteiger partial charge on any atom is 0.261 e. The fourth-order valence-electron chi connectivity index (χ4n) is 2.63. The number of sulfone groups is 1. The van der Waals surface area contributed by atoms with Crippen LogP contribution >= 0.6 is 0 Å². The predicted molar refractivity (Wildman–Crippen MR) is 114 cm³/mol. The van der Waals surface area contributed by atoms with Crippen LogP contribution in [0.2, 0.25) is 0 Å². The maximum absolute atomic E-state index is 12.7. The topological polar surface area (TPSA) is 115 Å². The molecular formula is C20H21N3O5S2. The molecule has 10 heteroatoms. The maximum atomic E-state index is 12.7. The Morgan fingerprint density at radius 2 is 1.63 bits per heavy atom. The molecule has 8 nitrogen and oxygen atoms in total. The average Bonchev–Trinajstić information content (AvgIpc) is 2.74. The van der Waals surface area contributed by atoms with E-state index in [0.29, 0.717) is 29.3 Å². The van der Waals surface area contributed by atoms with Crippen LogP contribution in [0.25, 0.3) is 11.3 Å². The van der Waals surface area contributed by atoms with E-state index in [9.17, 15) is 16.8 Å². The summed E-state index contributed by atoms with van der Waals surface area (Å²) in [6, 6.07) is 15.7. The van der Waals surface area contributed by atoms with Crippen LogP contribution in [-0.2, 0) is 19.9 Å². The van der Waals surface area contributed by atoms with E-state index in [0.717, 1.165) is 0 Å². The molecule has 0 atom stereocenters. The highest BCUT2D eigenvalue weighted by atomic mass is 32.2. The highest BCUT2D eigenvalue weighted by molar-refractivity contribution is 7.92. The lowest BCUT2D eigenvalue weighted by Gasteiger charge is -2.10. The van der Waals surface area contributed by atoms with Gasteiger partial charge in [0.2, 0.25) is 0 Å². The molecule has 2 aromatic carbocycles. The van der Waals surface area contributed by atoms with Crippen LogP contribution in [0.5, 0.6) is 5.75 Å². The number of sulfonamides is 1. The summed E-state index contributed by atoms with van der Waals surface area (Å²) in [4.78, 5) is 0.102.